The number of hydrogen-bond acceptors (Lipinski definition) is 6. The van der Waals surface area contributed by atoms with Gasteiger partial charge in [-0.3, -0.25) is 9.12 Å². The lowest BCUT2D eigenvalue weighted by Crippen LogP contribution is -2.32. The third-order valence-electron chi connectivity index (χ3n) is 2.31. The maximum Gasteiger partial charge on any atom is 0.383 e. The molecule has 9 nitrogen and oxygen atoms in total. The molecule has 1 aromatic rings. The van der Waals surface area contributed by atoms with E-state index in [0.29, 0.717) is 0 Å². The molecule has 108 valence electrons. The van der Waals surface area contributed by atoms with Crippen LogP contribution in [0.1, 0.15) is 13.3 Å². The van der Waals surface area contributed by atoms with Crippen molar-refractivity contribution in [3.05, 3.63) is 21.6 Å². The maximum absolute atomic E-state index is 10.6. The quantitative estimate of drug-likeness (QED) is 0.442. The zero-order valence-corrected chi connectivity index (χ0v) is 11.4. The van der Waals surface area contributed by atoms with Crippen molar-refractivity contribution in [2.75, 3.05) is 5.75 Å². The molecule has 0 aliphatic rings. The van der Waals surface area contributed by atoms with Gasteiger partial charge in [0.15, 0.2) is 0 Å². The first-order valence-electron chi connectivity index (χ1n) is 5.05. The molecule has 0 aliphatic heterocycles. The second-order valence-electron chi connectivity index (χ2n) is 4.29. The van der Waals surface area contributed by atoms with Gasteiger partial charge in [-0.25, -0.2) is 0 Å². The molecule has 1 aromatic heterocycles. The van der Waals surface area contributed by atoms with Crippen LogP contribution in [0.3, 0.4) is 0 Å². The van der Waals surface area contributed by atoms with Crippen molar-refractivity contribution >= 4 is 27.5 Å². The fraction of sp³-hybridized carbons (Fsp3) is 0.625. The van der Waals surface area contributed by atoms with E-state index in [4.69, 9.17) is 16.2 Å². The van der Waals surface area contributed by atoms with Crippen LogP contribution < -0.4 is 0 Å². The van der Waals surface area contributed by atoms with Crippen molar-refractivity contribution in [2.45, 2.75) is 25.5 Å². The third-order valence-corrected chi connectivity index (χ3v) is 3.33. The number of rotatable bonds is 6. The minimum absolute atomic E-state index is 0.192. The van der Waals surface area contributed by atoms with E-state index in [1.807, 2.05) is 0 Å². The predicted molar refractivity (Wildman–Crippen MR) is 65.5 cm³/mol. The average Bonchev–Trinajstić information content (AvgIpc) is 2.56. The van der Waals surface area contributed by atoms with Crippen molar-refractivity contribution in [2.24, 2.45) is 0 Å². The molecule has 0 spiro atoms. The fourth-order valence-corrected chi connectivity index (χ4v) is 2.27. The van der Waals surface area contributed by atoms with Gasteiger partial charge in [0.2, 0.25) is 0 Å². The molecular weight excluding hydrogens is 302 g/mol. The van der Waals surface area contributed by atoms with Gasteiger partial charge in [0.1, 0.15) is 6.20 Å². The Kier molecular flexibility index (Phi) is 4.50. The smallest absolute Gasteiger partial charge is 0.383 e. The Morgan fingerprint density at radius 2 is 2.21 bits per heavy atom. The van der Waals surface area contributed by atoms with E-state index >= 15 is 0 Å². The van der Waals surface area contributed by atoms with Crippen molar-refractivity contribution in [1.29, 1.82) is 0 Å². The van der Waals surface area contributed by atoms with Gasteiger partial charge >= 0.3 is 11.1 Å². The molecule has 0 aliphatic carbocycles. The topological polar surface area (TPSA) is 136 Å². The molecule has 19 heavy (non-hydrogen) atoms. The number of aliphatic hydroxyl groups is 1. The SMILES string of the molecule is CC(O)(CCS(=O)(=O)O)Cn1cc([N+](=O)[O-])nc1Cl. The largest absolute Gasteiger partial charge is 0.388 e. The van der Waals surface area contributed by atoms with Crippen molar-refractivity contribution in [1.82, 2.24) is 9.55 Å². The van der Waals surface area contributed by atoms with Crippen molar-refractivity contribution in [3.63, 3.8) is 0 Å². The summed E-state index contributed by atoms with van der Waals surface area (Å²) in [6.07, 6.45) is 0.776. The van der Waals surface area contributed by atoms with Gasteiger partial charge in [0, 0.05) is 0 Å². The molecule has 1 heterocycles. The molecule has 2 N–H and O–H groups in total. The fourth-order valence-electron chi connectivity index (χ4n) is 1.37. The minimum atomic E-state index is -4.19. The molecule has 1 rings (SSSR count). The van der Waals surface area contributed by atoms with E-state index in [1.54, 1.807) is 0 Å². The molecule has 0 aromatic carbocycles. The highest BCUT2D eigenvalue weighted by atomic mass is 35.5. The van der Waals surface area contributed by atoms with Crippen molar-refractivity contribution < 1.29 is 23.0 Å². The summed E-state index contributed by atoms with van der Waals surface area (Å²) in [6, 6.07) is 0. The molecular formula is C8H12ClN3O6S. The van der Waals surface area contributed by atoms with E-state index in [-0.39, 0.29) is 18.2 Å². The standard InChI is InChI=1S/C8H12ClN3O6S/c1-8(13,2-3-19(16,17)18)5-11-4-6(12(14)15)10-7(11)9/h4,13H,2-3,5H2,1H3,(H,16,17,18). The Hall–Kier alpha value is -1.23. The highest BCUT2D eigenvalue weighted by Gasteiger charge is 2.27. The molecule has 0 amide bonds. The molecule has 0 radical (unpaired) electrons. The number of halogens is 1. The van der Waals surface area contributed by atoms with E-state index in [0.717, 1.165) is 10.8 Å². The monoisotopic (exact) mass is 313 g/mol. The second kappa shape index (κ2) is 5.41. The number of aromatic nitrogens is 2. The summed E-state index contributed by atoms with van der Waals surface area (Å²) < 4.78 is 30.9. The van der Waals surface area contributed by atoms with Gasteiger partial charge in [-0.05, 0) is 34.9 Å². The average molecular weight is 314 g/mol. The van der Waals surface area contributed by atoms with Crippen LogP contribution in [0.5, 0.6) is 0 Å². The number of nitro groups is 1. The summed E-state index contributed by atoms with van der Waals surface area (Å²) in [4.78, 5) is 13.2. The first-order valence-corrected chi connectivity index (χ1v) is 7.03. The lowest BCUT2D eigenvalue weighted by molar-refractivity contribution is -0.389. The van der Waals surface area contributed by atoms with Gasteiger partial charge in [-0.2, -0.15) is 8.42 Å². The Labute approximate surface area is 113 Å². The van der Waals surface area contributed by atoms with E-state index < -0.39 is 32.2 Å². The van der Waals surface area contributed by atoms with Gasteiger partial charge < -0.3 is 15.2 Å². The number of imidazole rings is 1. The highest BCUT2D eigenvalue weighted by molar-refractivity contribution is 7.85. The number of hydrogen-bond donors (Lipinski definition) is 2. The van der Waals surface area contributed by atoms with Crippen molar-refractivity contribution in [3.8, 4) is 0 Å². The first kappa shape index (κ1) is 15.8. The summed E-state index contributed by atoms with van der Waals surface area (Å²) in [7, 11) is -4.19. The normalized spacial score (nSPS) is 15.2. The zero-order valence-electron chi connectivity index (χ0n) is 9.85. The molecule has 0 saturated heterocycles. The van der Waals surface area contributed by atoms with Gasteiger partial charge in [-0.1, -0.05) is 0 Å². The maximum atomic E-state index is 10.6. The van der Waals surface area contributed by atoms with Crippen LogP contribution in [-0.4, -0.2) is 43.9 Å². The lowest BCUT2D eigenvalue weighted by atomic mass is 10.0. The van der Waals surface area contributed by atoms with Crippen LogP contribution in [0.25, 0.3) is 0 Å². The zero-order chi connectivity index (χ0) is 14.8. The summed E-state index contributed by atoms with van der Waals surface area (Å²) >= 11 is 5.65. The Morgan fingerprint density at radius 1 is 1.63 bits per heavy atom. The van der Waals surface area contributed by atoms with Crippen LogP contribution in [0.4, 0.5) is 5.82 Å². The molecule has 0 saturated carbocycles. The lowest BCUT2D eigenvalue weighted by Gasteiger charge is -2.22. The molecule has 1 unspecified atom stereocenters. The molecule has 0 fully saturated rings. The highest BCUT2D eigenvalue weighted by Crippen LogP contribution is 2.20. The first-order chi connectivity index (χ1) is 8.50. The minimum Gasteiger partial charge on any atom is -0.388 e. The summed E-state index contributed by atoms with van der Waals surface area (Å²) in [5.74, 6) is -1.11. The Bertz CT molecular complexity index is 581. The van der Waals surface area contributed by atoms with Crippen LogP contribution in [0.15, 0.2) is 6.20 Å². The van der Waals surface area contributed by atoms with Gasteiger partial charge in [-0.15, -0.1) is 0 Å². The molecule has 1 atom stereocenters. The van der Waals surface area contributed by atoms with Crippen LogP contribution in [-0.2, 0) is 16.7 Å². The number of nitrogens with zero attached hydrogens (tertiary/aromatic N) is 3. The van der Waals surface area contributed by atoms with Gasteiger partial charge in [0.25, 0.3) is 10.1 Å². The second-order valence-corrected chi connectivity index (χ2v) is 6.20. The van der Waals surface area contributed by atoms with Gasteiger partial charge in [0.05, 0.1) is 17.9 Å². The van der Waals surface area contributed by atoms with E-state index in [2.05, 4.69) is 4.98 Å². The van der Waals surface area contributed by atoms with Crippen LogP contribution in [0, 0.1) is 10.1 Å². The van der Waals surface area contributed by atoms with Crippen LogP contribution >= 0.6 is 11.6 Å². The summed E-state index contributed by atoms with van der Waals surface area (Å²) in [5, 5.41) is 20.2. The Morgan fingerprint density at radius 3 is 2.63 bits per heavy atom. The Balaban J connectivity index is 2.80. The predicted octanol–water partition coefficient (Wildman–Crippen LogP) is 0.474. The molecule has 0 bridgehead atoms. The van der Waals surface area contributed by atoms with E-state index in [9.17, 15) is 23.6 Å². The molecule has 11 heteroatoms. The summed E-state index contributed by atoms with van der Waals surface area (Å²) in [6.45, 7) is 1.13. The van der Waals surface area contributed by atoms with Crippen LogP contribution in [0.2, 0.25) is 5.28 Å². The van der Waals surface area contributed by atoms with E-state index in [1.165, 1.54) is 6.92 Å². The summed E-state index contributed by atoms with van der Waals surface area (Å²) in [5.41, 5.74) is -1.52. The third kappa shape index (κ3) is 5.11.